The molecule has 1 amide bonds. The Morgan fingerprint density at radius 1 is 1.43 bits per heavy atom. The number of rotatable bonds is 4. The molecule has 0 aliphatic heterocycles. The van der Waals surface area contributed by atoms with Crippen LogP contribution in [0.5, 0.6) is 0 Å². The van der Waals surface area contributed by atoms with Gasteiger partial charge in [-0.05, 0) is 45.0 Å². The minimum atomic E-state index is -0.509. The van der Waals surface area contributed by atoms with Crippen molar-refractivity contribution in [3.05, 3.63) is 46.5 Å². The van der Waals surface area contributed by atoms with Gasteiger partial charge in [-0.15, -0.1) is 0 Å². The zero-order valence-electron chi connectivity index (χ0n) is 12.2. The number of halogens is 2. The average molecular weight is 310 g/mol. The van der Waals surface area contributed by atoms with E-state index in [9.17, 15) is 9.18 Å². The summed E-state index contributed by atoms with van der Waals surface area (Å²) in [5, 5.41) is 7.05. The van der Waals surface area contributed by atoms with Crippen molar-refractivity contribution in [2.24, 2.45) is 0 Å². The van der Waals surface area contributed by atoms with Crippen molar-refractivity contribution >= 4 is 23.2 Å². The van der Waals surface area contributed by atoms with E-state index >= 15 is 0 Å². The molecule has 0 aliphatic carbocycles. The first-order valence-electron chi connectivity index (χ1n) is 6.64. The van der Waals surface area contributed by atoms with Gasteiger partial charge in [-0.3, -0.25) is 9.48 Å². The summed E-state index contributed by atoms with van der Waals surface area (Å²) in [5.74, 6) is -0.677. The lowest BCUT2D eigenvalue weighted by Crippen LogP contribution is -2.19. The van der Waals surface area contributed by atoms with Gasteiger partial charge in [-0.1, -0.05) is 11.6 Å². The number of anilines is 1. The SMILES string of the molecule is Cc1cc(C)n([C@@H](C)CC(=O)Nc2ccc(F)c(Cl)c2)n1. The molecule has 1 aromatic carbocycles. The second kappa shape index (κ2) is 6.26. The lowest BCUT2D eigenvalue weighted by atomic mass is 10.2. The Labute approximate surface area is 127 Å². The largest absolute Gasteiger partial charge is 0.326 e. The Kier molecular flexibility index (Phi) is 4.63. The molecule has 2 aromatic rings. The van der Waals surface area contributed by atoms with Crippen molar-refractivity contribution in [3.8, 4) is 0 Å². The minimum Gasteiger partial charge on any atom is -0.326 e. The number of carbonyl (C=O) groups excluding carboxylic acids is 1. The van der Waals surface area contributed by atoms with Crippen molar-refractivity contribution in [2.45, 2.75) is 33.2 Å². The van der Waals surface area contributed by atoms with Gasteiger partial charge in [0.2, 0.25) is 5.91 Å². The first-order valence-corrected chi connectivity index (χ1v) is 7.02. The van der Waals surface area contributed by atoms with Crippen molar-refractivity contribution < 1.29 is 9.18 Å². The molecular weight excluding hydrogens is 293 g/mol. The Bertz CT molecular complexity index is 669. The fraction of sp³-hybridized carbons (Fsp3) is 0.333. The standard InChI is InChI=1S/C15H17ClFN3O/c1-9-6-10(2)20(19-9)11(3)7-15(21)18-12-4-5-14(17)13(16)8-12/h4-6,8,11H,7H2,1-3H3,(H,18,21)/t11-/m0/s1. The van der Waals surface area contributed by atoms with Gasteiger partial charge in [0.25, 0.3) is 0 Å². The van der Waals surface area contributed by atoms with Crippen LogP contribution in [0.2, 0.25) is 5.02 Å². The molecule has 2 rings (SSSR count). The fourth-order valence-corrected chi connectivity index (χ4v) is 2.41. The smallest absolute Gasteiger partial charge is 0.226 e. The van der Waals surface area contributed by atoms with E-state index in [-0.39, 0.29) is 23.4 Å². The molecule has 6 heteroatoms. The summed E-state index contributed by atoms with van der Waals surface area (Å²) in [7, 11) is 0. The van der Waals surface area contributed by atoms with Crippen molar-refractivity contribution in [3.63, 3.8) is 0 Å². The molecule has 0 aliphatic rings. The highest BCUT2D eigenvalue weighted by Gasteiger charge is 2.14. The number of carbonyl (C=O) groups is 1. The Hall–Kier alpha value is -1.88. The Balaban J connectivity index is 2.01. The Morgan fingerprint density at radius 3 is 2.71 bits per heavy atom. The quantitative estimate of drug-likeness (QED) is 0.931. The van der Waals surface area contributed by atoms with Gasteiger partial charge in [-0.25, -0.2) is 4.39 Å². The molecule has 0 unspecified atom stereocenters. The van der Waals surface area contributed by atoms with Gasteiger partial charge in [0.1, 0.15) is 5.82 Å². The lowest BCUT2D eigenvalue weighted by Gasteiger charge is -2.14. The highest BCUT2D eigenvalue weighted by Crippen LogP contribution is 2.20. The van der Waals surface area contributed by atoms with Crippen LogP contribution in [0.1, 0.15) is 30.8 Å². The zero-order chi connectivity index (χ0) is 15.6. The van der Waals surface area contributed by atoms with E-state index in [1.807, 2.05) is 31.5 Å². The van der Waals surface area contributed by atoms with Crippen LogP contribution in [0.4, 0.5) is 10.1 Å². The summed E-state index contributed by atoms with van der Waals surface area (Å²) in [6, 6.07) is 6.00. The van der Waals surface area contributed by atoms with Crippen LogP contribution in [0.25, 0.3) is 0 Å². The maximum absolute atomic E-state index is 13.1. The summed E-state index contributed by atoms with van der Waals surface area (Å²) in [5.41, 5.74) is 2.41. The molecule has 21 heavy (non-hydrogen) atoms. The lowest BCUT2D eigenvalue weighted by molar-refractivity contribution is -0.116. The minimum absolute atomic E-state index is 0.0145. The molecular formula is C15H17ClFN3O. The van der Waals surface area contributed by atoms with Gasteiger partial charge in [-0.2, -0.15) is 5.10 Å². The number of nitrogens with one attached hydrogen (secondary N) is 1. The molecule has 1 aromatic heterocycles. The normalized spacial score (nSPS) is 12.2. The van der Waals surface area contributed by atoms with Crippen molar-refractivity contribution in [1.29, 1.82) is 0 Å². The van der Waals surface area contributed by atoms with E-state index < -0.39 is 5.82 Å². The molecule has 4 nitrogen and oxygen atoms in total. The van der Waals surface area contributed by atoms with Crippen LogP contribution < -0.4 is 5.32 Å². The third-order valence-corrected chi connectivity index (χ3v) is 3.44. The van der Waals surface area contributed by atoms with Crippen LogP contribution in [0.15, 0.2) is 24.3 Å². The maximum Gasteiger partial charge on any atom is 0.226 e. The number of aryl methyl sites for hydroxylation is 2. The molecule has 1 heterocycles. The first kappa shape index (κ1) is 15.5. The van der Waals surface area contributed by atoms with Crippen LogP contribution in [0.3, 0.4) is 0 Å². The molecule has 112 valence electrons. The Morgan fingerprint density at radius 2 is 2.14 bits per heavy atom. The van der Waals surface area contributed by atoms with Gasteiger partial charge < -0.3 is 5.32 Å². The van der Waals surface area contributed by atoms with E-state index in [2.05, 4.69) is 10.4 Å². The topological polar surface area (TPSA) is 46.9 Å². The predicted molar refractivity (Wildman–Crippen MR) is 81.1 cm³/mol. The van der Waals surface area contributed by atoms with E-state index in [1.54, 1.807) is 0 Å². The van der Waals surface area contributed by atoms with Gasteiger partial charge in [0, 0.05) is 17.8 Å². The van der Waals surface area contributed by atoms with E-state index in [0.29, 0.717) is 5.69 Å². The van der Waals surface area contributed by atoms with Gasteiger partial charge in [0.15, 0.2) is 0 Å². The summed E-state index contributed by atoms with van der Waals surface area (Å²) in [6.45, 7) is 5.79. The van der Waals surface area contributed by atoms with Crippen LogP contribution in [-0.2, 0) is 4.79 Å². The fourth-order valence-electron chi connectivity index (χ4n) is 2.23. The molecule has 0 fully saturated rings. The monoisotopic (exact) mass is 309 g/mol. The summed E-state index contributed by atoms with van der Waals surface area (Å²) in [4.78, 5) is 12.0. The molecule has 0 radical (unpaired) electrons. The second-order valence-corrected chi connectivity index (χ2v) is 5.51. The first-order chi connectivity index (χ1) is 9.86. The molecule has 0 bridgehead atoms. The summed E-state index contributed by atoms with van der Waals surface area (Å²) < 4.78 is 14.9. The molecule has 0 saturated heterocycles. The predicted octanol–water partition coefficient (Wildman–Crippen LogP) is 3.88. The van der Waals surface area contributed by atoms with Crippen LogP contribution in [-0.4, -0.2) is 15.7 Å². The second-order valence-electron chi connectivity index (χ2n) is 5.10. The van der Waals surface area contributed by atoms with Gasteiger partial charge in [0.05, 0.1) is 16.8 Å². The van der Waals surface area contributed by atoms with Crippen molar-refractivity contribution in [2.75, 3.05) is 5.32 Å². The molecule has 1 atom stereocenters. The van der Waals surface area contributed by atoms with E-state index in [1.165, 1.54) is 18.2 Å². The van der Waals surface area contributed by atoms with Crippen molar-refractivity contribution in [1.82, 2.24) is 9.78 Å². The van der Waals surface area contributed by atoms with E-state index in [0.717, 1.165) is 11.4 Å². The molecule has 1 N–H and O–H groups in total. The van der Waals surface area contributed by atoms with Crippen LogP contribution in [0, 0.1) is 19.7 Å². The maximum atomic E-state index is 13.1. The average Bonchev–Trinajstić information content (AvgIpc) is 2.73. The third-order valence-electron chi connectivity index (χ3n) is 3.15. The van der Waals surface area contributed by atoms with Gasteiger partial charge >= 0.3 is 0 Å². The third kappa shape index (κ3) is 3.82. The zero-order valence-corrected chi connectivity index (χ0v) is 12.9. The number of hydrogen-bond donors (Lipinski definition) is 1. The number of nitrogens with zero attached hydrogens (tertiary/aromatic N) is 2. The molecule has 0 saturated carbocycles. The number of amides is 1. The summed E-state index contributed by atoms with van der Waals surface area (Å²) in [6.07, 6.45) is 0.275. The highest BCUT2D eigenvalue weighted by molar-refractivity contribution is 6.31. The number of benzene rings is 1. The highest BCUT2D eigenvalue weighted by atomic mass is 35.5. The summed E-state index contributed by atoms with van der Waals surface area (Å²) >= 11 is 5.68. The van der Waals surface area contributed by atoms with E-state index in [4.69, 9.17) is 11.6 Å². The van der Waals surface area contributed by atoms with Crippen LogP contribution >= 0.6 is 11.6 Å². The number of aromatic nitrogens is 2. The molecule has 0 spiro atoms. The number of hydrogen-bond acceptors (Lipinski definition) is 2.